The van der Waals surface area contributed by atoms with Crippen LogP contribution < -0.4 is 10.1 Å². The zero-order valence-electron chi connectivity index (χ0n) is 11.5. The smallest absolute Gasteiger partial charge is 0.225 e. The number of nitrogens with zero attached hydrogens (tertiary/aromatic N) is 1. The van der Waals surface area contributed by atoms with Crippen molar-refractivity contribution in [2.45, 2.75) is 19.3 Å². The maximum Gasteiger partial charge on any atom is 0.225 e. The largest absolute Gasteiger partial charge is 0.494 e. The van der Waals surface area contributed by atoms with Crippen molar-refractivity contribution in [2.75, 3.05) is 12.9 Å². The van der Waals surface area contributed by atoms with Gasteiger partial charge in [0, 0.05) is 17.9 Å². The van der Waals surface area contributed by atoms with Crippen LogP contribution in [-0.4, -0.2) is 18.8 Å². The second kappa shape index (κ2) is 6.49. The van der Waals surface area contributed by atoms with Gasteiger partial charge in [-0.3, -0.25) is 4.79 Å². The molecular weight excluding hydrogens is 272 g/mol. The topological polar surface area (TPSA) is 62.1 Å². The van der Waals surface area contributed by atoms with Crippen molar-refractivity contribution >= 4 is 17.7 Å². The summed E-state index contributed by atoms with van der Waals surface area (Å²) < 4.78 is 5.62. The van der Waals surface area contributed by atoms with E-state index in [1.165, 1.54) is 11.8 Å². The predicted molar refractivity (Wildman–Crippen MR) is 79.3 cm³/mol. The highest BCUT2D eigenvalue weighted by Crippen LogP contribution is 2.39. The van der Waals surface area contributed by atoms with Crippen molar-refractivity contribution in [3.8, 4) is 11.8 Å². The van der Waals surface area contributed by atoms with Crippen molar-refractivity contribution in [3.63, 3.8) is 0 Å². The van der Waals surface area contributed by atoms with Crippen LogP contribution in [0.5, 0.6) is 5.75 Å². The second-order valence-electron chi connectivity index (χ2n) is 4.33. The summed E-state index contributed by atoms with van der Waals surface area (Å²) >= 11 is 1.38. The van der Waals surface area contributed by atoms with Crippen LogP contribution in [0.4, 0.5) is 0 Å². The summed E-state index contributed by atoms with van der Waals surface area (Å²) in [5.41, 5.74) is 1.50. The number of hydrogen-bond donors (Lipinski definition) is 1. The highest BCUT2D eigenvalue weighted by Gasteiger charge is 2.30. The average Bonchev–Trinajstić information content (AvgIpc) is 2.47. The van der Waals surface area contributed by atoms with Gasteiger partial charge in [0.05, 0.1) is 23.3 Å². The molecule has 4 nitrogen and oxygen atoms in total. The molecule has 1 aliphatic rings. The van der Waals surface area contributed by atoms with E-state index in [1.54, 1.807) is 0 Å². The van der Waals surface area contributed by atoms with E-state index in [1.807, 2.05) is 37.4 Å². The lowest BCUT2D eigenvalue weighted by molar-refractivity contribution is -0.120. The summed E-state index contributed by atoms with van der Waals surface area (Å²) in [6.45, 7) is 2.47. The minimum atomic E-state index is -0.237. The van der Waals surface area contributed by atoms with Gasteiger partial charge in [0.15, 0.2) is 0 Å². The molecule has 1 atom stereocenters. The lowest BCUT2D eigenvalue weighted by Crippen LogP contribution is -2.30. The molecule has 5 heteroatoms. The molecule has 1 N–H and O–H groups in total. The van der Waals surface area contributed by atoms with Crippen LogP contribution in [0.2, 0.25) is 0 Å². The summed E-state index contributed by atoms with van der Waals surface area (Å²) in [7, 11) is 0. The molecule has 0 saturated heterocycles. The number of nitriles is 1. The number of rotatable bonds is 4. The Bertz CT molecular complexity index is 590. The van der Waals surface area contributed by atoms with E-state index < -0.39 is 0 Å². The molecule has 0 saturated carbocycles. The van der Waals surface area contributed by atoms with Crippen molar-refractivity contribution in [3.05, 3.63) is 40.4 Å². The Kier molecular flexibility index (Phi) is 4.70. The Morgan fingerprint density at radius 2 is 2.25 bits per heavy atom. The molecule has 1 aliphatic heterocycles. The summed E-state index contributed by atoms with van der Waals surface area (Å²) in [6, 6.07) is 9.82. The first-order chi connectivity index (χ1) is 9.71. The Hall–Kier alpha value is -1.93. The number of carbonyl (C=O) groups excluding carboxylic acids is 1. The highest BCUT2D eigenvalue weighted by atomic mass is 32.2. The predicted octanol–water partition coefficient (Wildman–Crippen LogP) is 2.79. The number of nitrogens with one attached hydrogen (secondary N) is 1. The lowest BCUT2D eigenvalue weighted by Gasteiger charge is -2.25. The zero-order valence-corrected chi connectivity index (χ0v) is 12.3. The van der Waals surface area contributed by atoms with Crippen LogP contribution in [0.3, 0.4) is 0 Å². The zero-order chi connectivity index (χ0) is 14.5. The normalized spacial score (nSPS) is 18.4. The standard InChI is InChI=1S/C15H16N2O2S/c1-3-19-13-7-5-4-6-10(13)11-8-14(18)17-15(20-2)12(11)9-16/h4-7,11H,3,8H2,1-2H3,(H,17,18)/t11-/m1/s1. The van der Waals surface area contributed by atoms with Crippen LogP contribution in [0.15, 0.2) is 34.9 Å². The monoisotopic (exact) mass is 288 g/mol. The maximum absolute atomic E-state index is 11.8. The molecule has 1 amide bonds. The molecule has 0 aromatic heterocycles. The molecule has 0 aliphatic carbocycles. The van der Waals surface area contributed by atoms with Gasteiger partial charge in [-0.15, -0.1) is 11.8 Å². The SMILES string of the molecule is CCOc1ccccc1[C@H]1CC(=O)NC(SC)=C1C#N. The number of para-hydroxylation sites is 1. The number of allylic oxidation sites excluding steroid dienone is 1. The second-order valence-corrected chi connectivity index (χ2v) is 5.15. The molecule has 1 heterocycles. The number of thioether (sulfide) groups is 1. The summed E-state index contributed by atoms with van der Waals surface area (Å²) in [5, 5.41) is 12.8. The van der Waals surface area contributed by atoms with Crippen LogP contribution in [0.25, 0.3) is 0 Å². The van der Waals surface area contributed by atoms with Gasteiger partial charge in [-0.25, -0.2) is 0 Å². The fourth-order valence-corrected chi connectivity index (χ4v) is 2.92. The molecule has 0 radical (unpaired) electrons. The summed E-state index contributed by atoms with van der Waals surface area (Å²) in [4.78, 5) is 11.8. The van der Waals surface area contributed by atoms with E-state index in [0.717, 1.165) is 11.3 Å². The quantitative estimate of drug-likeness (QED) is 0.925. The van der Waals surface area contributed by atoms with Gasteiger partial charge in [-0.1, -0.05) is 18.2 Å². The van der Waals surface area contributed by atoms with E-state index in [2.05, 4.69) is 11.4 Å². The van der Waals surface area contributed by atoms with Gasteiger partial charge >= 0.3 is 0 Å². The van der Waals surface area contributed by atoms with Crippen LogP contribution in [-0.2, 0) is 4.79 Å². The van der Waals surface area contributed by atoms with Crippen LogP contribution in [0.1, 0.15) is 24.8 Å². The van der Waals surface area contributed by atoms with Crippen molar-refractivity contribution in [1.29, 1.82) is 5.26 Å². The van der Waals surface area contributed by atoms with Gasteiger partial charge < -0.3 is 10.1 Å². The Morgan fingerprint density at radius 1 is 1.50 bits per heavy atom. The Morgan fingerprint density at radius 3 is 2.90 bits per heavy atom. The fraction of sp³-hybridized carbons (Fsp3) is 0.333. The van der Waals surface area contributed by atoms with E-state index in [0.29, 0.717) is 17.2 Å². The van der Waals surface area contributed by atoms with E-state index in [9.17, 15) is 10.1 Å². The Balaban J connectivity index is 2.50. The van der Waals surface area contributed by atoms with Crippen molar-refractivity contribution in [2.24, 2.45) is 0 Å². The molecule has 1 aromatic rings. The number of ether oxygens (including phenoxy) is 1. The number of carbonyl (C=O) groups is 1. The molecule has 0 bridgehead atoms. The van der Waals surface area contributed by atoms with E-state index >= 15 is 0 Å². The molecule has 0 spiro atoms. The number of amides is 1. The first-order valence-corrected chi connectivity index (χ1v) is 7.63. The van der Waals surface area contributed by atoms with Crippen LogP contribution in [0, 0.1) is 11.3 Å². The lowest BCUT2D eigenvalue weighted by atomic mass is 9.86. The first kappa shape index (κ1) is 14.5. The van der Waals surface area contributed by atoms with Gasteiger partial charge in [-0.2, -0.15) is 5.26 Å². The summed E-state index contributed by atoms with van der Waals surface area (Å²) in [6.07, 6.45) is 2.13. The third kappa shape index (κ3) is 2.81. The van der Waals surface area contributed by atoms with Gasteiger partial charge in [-0.05, 0) is 19.2 Å². The number of hydrogen-bond acceptors (Lipinski definition) is 4. The Labute approximate surface area is 122 Å². The molecule has 20 heavy (non-hydrogen) atoms. The third-order valence-corrected chi connectivity index (χ3v) is 3.88. The number of benzene rings is 1. The van der Waals surface area contributed by atoms with Crippen LogP contribution >= 0.6 is 11.8 Å². The van der Waals surface area contributed by atoms with Gasteiger partial charge in [0.2, 0.25) is 5.91 Å². The average molecular weight is 288 g/mol. The molecular formula is C15H16N2O2S. The van der Waals surface area contributed by atoms with E-state index in [4.69, 9.17) is 4.74 Å². The summed E-state index contributed by atoms with van der Waals surface area (Å²) in [5.74, 6) is 0.437. The minimum Gasteiger partial charge on any atom is -0.494 e. The molecule has 0 unspecified atom stereocenters. The van der Waals surface area contributed by atoms with Gasteiger partial charge in [0.25, 0.3) is 0 Å². The third-order valence-electron chi connectivity index (χ3n) is 3.15. The van der Waals surface area contributed by atoms with E-state index in [-0.39, 0.29) is 18.2 Å². The maximum atomic E-state index is 11.8. The molecule has 0 fully saturated rings. The molecule has 2 rings (SSSR count). The highest BCUT2D eigenvalue weighted by molar-refractivity contribution is 8.02. The van der Waals surface area contributed by atoms with Crippen molar-refractivity contribution < 1.29 is 9.53 Å². The molecule has 1 aromatic carbocycles. The fourth-order valence-electron chi connectivity index (χ4n) is 2.30. The molecule has 104 valence electrons. The first-order valence-electron chi connectivity index (χ1n) is 6.41. The van der Waals surface area contributed by atoms with Crippen molar-refractivity contribution in [1.82, 2.24) is 5.32 Å². The van der Waals surface area contributed by atoms with Gasteiger partial charge in [0.1, 0.15) is 5.75 Å². The minimum absolute atomic E-state index is 0.0651.